The van der Waals surface area contributed by atoms with E-state index in [-0.39, 0.29) is 5.75 Å². The van der Waals surface area contributed by atoms with Crippen LogP contribution in [0.15, 0.2) is 24.3 Å². The molecular formula is C16H26N2O2S. The van der Waals surface area contributed by atoms with E-state index in [4.69, 9.17) is 0 Å². The minimum absolute atomic E-state index is 0.0904. The molecule has 0 heterocycles. The van der Waals surface area contributed by atoms with Gasteiger partial charge in [-0.2, -0.15) is 0 Å². The van der Waals surface area contributed by atoms with Gasteiger partial charge in [0.1, 0.15) is 0 Å². The first kappa shape index (κ1) is 16.1. The van der Waals surface area contributed by atoms with Crippen LogP contribution in [0.25, 0.3) is 0 Å². The summed E-state index contributed by atoms with van der Waals surface area (Å²) in [4.78, 5) is 0. The second-order valence-corrected chi connectivity index (χ2v) is 8.10. The third-order valence-corrected chi connectivity index (χ3v) is 5.58. The quantitative estimate of drug-likeness (QED) is 0.842. The lowest BCUT2D eigenvalue weighted by Crippen LogP contribution is -2.20. The summed E-state index contributed by atoms with van der Waals surface area (Å²) in [7, 11) is -3.19. The Morgan fingerprint density at radius 3 is 2.19 bits per heavy atom. The summed E-state index contributed by atoms with van der Waals surface area (Å²) in [5.41, 5.74) is 1.67. The number of hydrogen-bond donors (Lipinski definition) is 2. The predicted octanol–water partition coefficient (Wildman–Crippen LogP) is 3.69. The van der Waals surface area contributed by atoms with Gasteiger partial charge in [0.25, 0.3) is 0 Å². The van der Waals surface area contributed by atoms with Crippen molar-refractivity contribution >= 4 is 21.4 Å². The maximum absolute atomic E-state index is 11.5. The standard InChI is InChI=1S/C16H26N2O2S/c1-3-21(19,20)18-16-10-8-15(9-11-16)17-12-14-6-4-13(2)5-7-14/h8-11,13-14,17-18H,3-7,12H2,1-2H3. The van der Waals surface area contributed by atoms with Crippen molar-refractivity contribution in [2.24, 2.45) is 11.8 Å². The van der Waals surface area contributed by atoms with Gasteiger partial charge in [0.2, 0.25) is 10.0 Å². The van der Waals surface area contributed by atoms with Gasteiger partial charge in [-0.1, -0.05) is 19.8 Å². The molecule has 1 saturated carbocycles. The molecule has 1 fully saturated rings. The molecule has 2 rings (SSSR count). The second-order valence-electron chi connectivity index (χ2n) is 6.09. The van der Waals surface area contributed by atoms with E-state index in [1.165, 1.54) is 25.7 Å². The first-order valence-corrected chi connectivity index (χ1v) is 9.48. The topological polar surface area (TPSA) is 58.2 Å². The highest BCUT2D eigenvalue weighted by Gasteiger charge is 2.17. The maximum atomic E-state index is 11.5. The van der Waals surface area contributed by atoms with Gasteiger partial charge in [0, 0.05) is 17.9 Å². The number of anilines is 2. The Hall–Kier alpha value is -1.23. The minimum atomic E-state index is -3.19. The maximum Gasteiger partial charge on any atom is 0.232 e. The molecule has 1 aliphatic carbocycles. The smallest absolute Gasteiger partial charge is 0.232 e. The molecule has 0 aliphatic heterocycles. The Kier molecular flexibility index (Phi) is 5.51. The monoisotopic (exact) mass is 310 g/mol. The average molecular weight is 310 g/mol. The fourth-order valence-electron chi connectivity index (χ4n) is 2.70. The molecule has 0 radical (unpaired) electrons. The number of rotatable bonds is 6. The molecule has 0 atom stereocenters. The van der Waals surface area contributed by atoms with Gasteiger partial charge in [-0.05, 0) is 55.9 Å². The summed E-state index contributed by atoms with van der Waals surface area (Å²) in [5, 5.41) is 3.46. The second kappa shape index (κ2) is 7.16. The lowest BCUT2D eigenvalue weighted by atomic mass is 9.83. The van der Waals surface area contributed by atoms with E-state index < -0.39 is 10.0 Å². The Bertz CT molecular complexity index is 532. The van der Waals surface area contributed by atoms with Crippen LogP contribution in [0.3, 0.4) is 0 Å². The molecule has 0 amide bonds. The van der Waals surface area contributed by atoms with Crippen molar-refractivity contribution in [3.05, 3.63) is 24.3 Å². The van der Waals surface area contributed by atoms with E-state index in [2.05, 4.69) is 17.0 Å². The highest BCUT2D eigenvalue weighted by atomic mass is 32.2. The van der Waals surface area contributed by atoms with Crippen molar-refractivity contribution in [3.8, 4) is 0 Å². The molecule has 1 aromatic rings. The SMILES string of the molecule is CCS(=O)(=O)Nc1ccc(NCC2CCC(C)CC2)cc1. The summed E-state index contributed by atoms with van der Waals surface area (Å²) >= 11 is 0. The van der Waals surface area contributed by atoms with Crippen molar-refractivity contribution in [1.82, 2.24) is 0 Å². The van der Waals surface area contributed by atoms with Gasteiger partial charge in [-0.25, -0.2) is 8.42 Å². The minimum Gasteiger partial charge on any atom is -0.385 e. The Labute approximate surface area is 128 Å². The molecule has 5 heteroatoms. The van der Waals surface area contributed by atoms with Gasteiger partial charge in [0.15, 0.2) is 0 Å². The zero-order valence-electron chi connectivity index (χ0n) is 12.9. The summed E-state index contributed by atoms with van der Waals surface area (Å²) < 4.78 is 25.5. The molecule has 0 spiro atoms. The van der Waals surface area contributed by atoms with E-state index in [1.54, 1.807) is 19.1 Å². The summed E-state index contributed by atoms with van der Waals surface area (Å²) in [5.74, 6) is 1.74. The molecule has 21 heavy (non-hydrogen) atoms. The average Bonchev–Trinajstić information content (AvgIpc) is 2.48. The fraction of sp³-hybridized carbons (Fsp3) is 0.625. The number of nitrogens with one attached hydrogen (secondary N) is 2. The van der Waals surface area contributed by atoms with Gasteiger partial charge in [-0.15, -0.1) is 0 Å². The summed E-state index contributed by atoms with van der Waals surface area (Å²) in [6.45, 7) is 4.97. The van der Waals surface area contributed by atoms with Crippen molar-refractivity contribution in [2.75, 3.05) is 22.3 Å². The summed E-state index contributed by atoms with van der Waals surface area (Å²) in [6.07, 6.45) is 5.29. The molecule has 4 nitrogen and oxygen atoms in total. The molecule has 0 aromatic heterocycles. The molecule has 118 valence electrons. The molecule has 0 bridgehead atoms. The van der Waals surface area contributed by atoms with Crippen LogP contribution < -0.4 is 10.0 Å². The van der Waals surface area contributed by atoms with Gasteiger partial charge in [0.05, 0.1) is 5.75 Å². The van der Waals surface area contributed by atoms with E-state index in [0.29, 0.717) is 5.69 Å². The van der Waals surface area contributed by atoms with Crippen LogP contribution >= 0.6 is 0 Å². The third-order valence-electron chi connectivity index (χ3n) is 4.27. The van der Waals surface area contributed by atoms with Crippen LogP contribution in [-0.2, 0) is 10.0 Å². The number of benzene rings is 1. The highest BCUT2D eigenvalue weighted by Crippen LogP contribution is 2.28. The highest BCUT2D eigenvalue weighted by molar-refractivity contribution is 7.92. The van der Waals surface area contributed by atoms with E-state index in [1.807, 2.05) is 12.1 Å². The van der Waals surface area contributed by atoms with E-state index in [0.717, 1.165) is 24.1 Å². The molecule has 0 saturated heterocycles. The first-order chi connectivity index (χ1) is 9.98. The van der Waals surface area contributed by atoms with E-state index >= 15 is 0 Å². The Balaban J connectivity index is 1.82. The molecule has 1 aliphatic rings. The van der Waals surface area contributed by atoms with Crippen LogP contribution in [0.5, 0.6) is 0 Å². The molecule has 1 aromatic carbocycles. The van der Waals surface area contributed by atoms with Crippen LogP contribution in [0.4, 0.5) is 11.4 Å². The largest absolute Gasteiger partial charge is 0.385 e. The lowest BCUT2D eigenvalue weighted by Gasteiger charge is -2.26. The van der Waals surface area contributed by atoms with Gasteiger partial charge >= 0.3 is 0 Å². The molecule has 0 unspecified atom stereocenters. The van der Waals surface area contributed by atoms with Crippen LogP contribution in [-0.4, -0.2) is 20.7 Å². The Morgan fingerprint density at radius 2 is 1.62 bits per heavy atom. The Morgan fingerprint density at radius 1 is 1.05 bits per heavy atom. The molecule has 2 N–H and O–H groups in total. The lowest BCUT2D eigenvalue weighted by molar-refractivity contribution is 0.300. The van der Waals surface area contributed by atoms with Crippen molar-refractivity contribution < 1.29 is 8.42 Å². The summed E-state index contributed by atoms with van der Waals surface area (Å²) in [6, 6.07) is 7.47. The van der Waals surface area contributed by atoms with Crippen molar-refractivity contribution in [1.29, 1.82) is 0 Å². The van der Waals surface area contributed by atoms with Gasteiger partial charge in [-0.3, -0.25) is 4.72 Å². The van der Waals surface area contributed by atoms with Crippen LogP contribution in [0.2, 0.25) is 0 Å². The van der Waals surface area contributed by atoms with Gasteiger partial charge < -0.3 is 5.32 Å². The van der Waals surface area contributed by atoms with Crippen LogP contribution in [0, 0.1) is 11.8 Å². The van der Waals surface area contributed by atoms with Crippen molar-refractivity contribution in [3.63, 3.8) is 0 Å². The van der Waals surface area contributed by atoms with E-state index in [9.17, 15) is 8.42 Å². The molecular weight excluding hydrogens is 284 g/mol. The first-order valence-electron chi connectivity index (χ1n) is 7.83. The predicted molar refractivity (Wildman–Crippen MR) is 89.1 cm³/mol. The van der Waals surface area contributed by atoms with Crippen LogP contribution in [0.1, 0.15) is 39.5 Å². The zero-order valence-corrected chi connectivity index (χ0v) is 13.7. The normalized spacial score (nSPS) is 22.8. The third kappa shape index (κ3) is 5.23. The number of hydrogen-bond acceptors (Lipinski definition) is 3. The zero-order chi connectivity index (χ0) is 15.3. The fourth-order valence-corrected chi connectivity index (χ4v) is 3.34. The number of sulfonamides is 1. The van der Waals surface area contributed by atoms with Crippen molar-refractivity contribution in [2.45, 2.75) is 39.5 Å².